The van der Waals surface area contributed by atoms with Crippen molar-refractivity contribution in [2.45, 2.75) is 37.8 Å². The number of benzene rings is 1. The summed E-state index contributed by atoms with van der Waals surface area (Å²) in [6, 6.07) is 12.3. The Morgan fingerprint density at radius 2 is 1.84 bits per heavy atom. The molecule has 8 heteroatoms. The molecule has 1 N–H and O–H groups in total. The predicted molar refractivity (Wildman–Crippen MR) is 120 cm³/mol. The minimum Gasteiger partial charge on any atom is -0.467 e. The molecular weight excluding hydrogens is 410 g/mol. The monoisotopic (exact) mass is 437 g/mol. The number of H-pyrrole nitrogens is 1. The van der Waals surface area contributed by atoms with Crippen molar-refractivity contribution in [1.29, 1.82) is 0 Å². The molecule has 0 atom stereocenters. The fraction of sp³-hybridized carbons (Fsp3) is 0.435. The first-order valence-electron chi connectivity index (χ1n) is 11.0. The minimum atomic E-state index is 0.0451. The number of aromatic amines is 1. The molecule has 3 aromatic rings. The summed E-state index contributed by atoms with van der Waals surface area (Å²) >= 11 is 1.56. The van der Waals surface area contributed by atoms with Crippen LogP contribution in [0.3, 0.4) is 0 Å². The number of rotatable bonds is 5. The van der Waals surface area contributed by atoms with E-state index in [9.17, 15) is 4.79 Å². The fourth-order valence-electron chi connectivity index (χ4n) is 4.56. The van der Waals surface area contributed by atoms with Crippen LogP contribution in [0.5, 0.6) is 5.19 Å². The smallest absolute Gasteiger partial charge is 0.273 e. The number of piperidine rings is 2. The van der Waals surface area contributed by atoms with E-state index in [1.54, 1.807) is 17.5 Å². The number of nitrogens with one attached hydrogen (secondary N) is 1. The lowest BCUT2D eigenvalue weighted by molar-refractivity contribution is 0.0422. The molecule has 1 amide bonds. The van der Waals surface area contributed by atoms with Crippen LogP contribution in [0.25, 0.3) is 11.3 Å². The van der Waals surface area contributed by atoms with Gasteiger partial charge < -0.3 is 9.64 Å². The van der Waals surface area contributed by atoms with Gasteiger partial charge in [0, 0.05) is 49.4 Å². The molecule has 0 aliphatic carbocycles. The van der Waals surface area contributed by atoms with E-state index < -0.39 is 0 Å². The molecule has 0 radical (unpaired) electrons. The lowest BCUT2D eigenvalue weighted by Gasteiger charge is -2.41. The first kappa shape index (κ1) is 20.2. The fourth-order valence-corrected chi connectivity index (χ4v) is 5.11. The highest BCUT2D eigenvalue weighted by atomic mass is 32.1. The van der Waals surface area contributed by atoms with E-state index in [1.807, 2.05) is 46.7 Å². The van der Waals surface area contributed by atoms with Crippen molar-refractivity contribution in [3.8, 4) is 16.5 Å². The van der Waals surface area contributed by atoms with Crippen molar-refractivity contribution in [1.82, 2.24) is 25.0 Å². The summed E-state index contributed by atoms with van der Waals surface area (Å²) in [5.41, 5.74) is 2.39. The average molecular weight is 438 g/mol. The van der Waals surface area contributed by atoms with Gasteiger partial charge in [0.15, 0.2) is 0 Å². The number of aromatic nitrogens is 3. The van der Waals surface area contributed by atoms with Crippen LogP contribution in [0.1, 0.15) is 36.2 Å². The Morgan fingerprint density at radius 1 is 1.06 bits per heavy atom. The van der Waals surface area contributed by atoms with Crippen LogP contribution in [-0.4, -0.2) is 69.2 Å². The van der Waals surface area contributed by atoms with E-state index in [4.69, 9.17) is 4.74 Å². The minimum absolute atomic E-state index is 0.0451. The third-order valence-corrected chi connectivity index (χ3v) is 6.96. The zero-order valence-corrected chi connectivity index (χ0v) is 18.3. The Kier molecular flexibility index (Phi) is 5.99. The summed E-state index contributed by atoms with van der Waals surface area (Å²) in [6.45, 7) is 3.68. The Morgan fingerprint density at radius 3 is 2.55 bits per heavy atom. The van der Waals surface area contributed by atoms with Crippen LogP contribution in [0.4, 0.5) is 0 Å². The number of thiazole rings is 1. The van der Waals surface area contributed by atoms with Gasteiger partial charge in [0.2, 0.25) is 0 Å². The van der Waals surface area contributed by atoms with E-state index in [0.29, 0.717) is 11.7 Å². The van der Waals surface area contributed by atoms with Gasteiger partial charge in [0.25, 0.3) is 11.1 Å². The van der Waals surface area contributed by atoms with Crippen molar-refractivity contribution >= 4 is 17.2 Å². The largest absolute Gasteiger partial charge is 0.467 e. The molecule has 0 unspecified atom stereocenters. The van der Waals surface area contributed by atoms with E-state index in [2.05, 4.69) is 20.1 Å². The van der Waals surface area contributed by atoms with Gasteiger partial charge in [-0.1, -0.05) is 41.7 Å². The van der Waals surface area contributed by atoms with Gasteiger partial charge in [-0.05, 0) is 31.7 Å². The summed E-state index contributed by atoms with van der Waals surface area (Å²) in [7, 11) is 0. The van der Waals surface area contributed by atoms with Crippen LogP contribution in [0, 0.1) is 0 Å². The number of hydrogen-bond acceptors (Lipinski definition) is 6. The first-order chi connectivity index (χ1) is 15.3. The highest BCUT2D eigenvalue weighted by Crippen LogP contribution is 2.25. The normalized spacial score (nSPS) is 18.9. The molecule has 5 rings (SSSR count). The second-order valence-electron chi connectivity index (χ2n) is 8.21. The summed E-state index contributed by atoms with van der Waals surface area (Å²) in [5.74, 6) is 0.0451. The van der Waals surface area contributed by atoms with Crippen molar-refractivity contribution < 1.29 is 9.53 Å². The van der Waals surface area contributed by atoms with E-state index >= 15 is 0 Å². The molecule has 31 heavy (non-hydrogen) atoms. The molecular formula is C23H27N5O2S. The zero-order valence-electron chi connectivity index (χ0n) is 17.4. The maximum absolute atomic E-state index is 12.9. The van der Waals surface area contributed by atoms with Gasteiger partial charge in [0.1, 0.15) is 11.8 Å². The van der Waals surface area contributed by atoms with Crippen LogP contribution in [0.2, 0.25) is 0 Å². The molecule has 2 saturated heterocycles. The molecule has 0 bridgehead atoms. The number of ether oxygens (including phenoxy) is 1. The highest BCUT2D eigenvalue weighted by molar-refractivity contribution is 7.11. The molecule has 2 aromatic heterocycles. The second-order valence-corrected chi connectivity index (χ2v) is 9.06. The third kappa shape index (κ3) is 4.65. The van der Waals surface area contributed by atoms with Crippen LogP contribution >= 0.6 is 11.3 Å². The molecule has 162 valence electrons. The Bertz CT molecular complexity index is 975. The average Bonchev–Trinajstić information content (AvgIpc) is 3.52. The Hall–Kier alpha value is -2.71. The van der Waals surface area contributed by atoms with Crippen molar-refractivity contribution in [3.63, 3.8) is 0 Å². The van der Waals surface area contributed by atoms with Crippen molar-refractivity contribution in [3.05, 3.63) is 53.7 Å². The predicted octanol–water partition coefficient (Wildman–Crippen LogP) is 3.68. The number of hydrogen-bond donors (Lipinski definition) is 1. The van der Waals surface area contributed by atoms with Gasteiger partial charge in [-0.2, -0.15) is 5.10 Å². The molecule has 1 aromatic carbocycles. The Labute approximate surface area is 186 Å². The molecule has 7 nitrogen and oxygen atoms in total. The number of carbonyl (C=O) groups excluding carboxylic acids is 1. The van der Waals surface area contributed by atoms with Gasteiger partial charge in [-0.3, -0.25) is 14.8 Å². The van der Waals surface area contributed by atoms with Gasteiger partial charge in [0.05, 0.1) is 5.69 Å². The van der Waals surface area contributed by atoms with Gasteiger partial charge >= 0.3 is 0 Å². The molecule has 4 heterocycles. The van der Waals surface area contributed by atoms with E-state index in [1.165, 1.54) is 0 Å². The standard InChI is InChI=1S/C23H27N5O2S/c29-22(21-16-20(25-26-21)17-4-2-1-3-5-17)28-11-6-18(7-12-28)27-13-8-19(9-14-27)30-23-24-10-15-31-23/h1-5,10,15-16,18-19H,6-9,11-14H2,(H,25,26). The number of amides is 1. The molecule has 2 fully saturated rings. The molecule has 0 spiro atoms. The van der Waals surface area contributed by atoms with Crippen LogP contribution < -0.4 is 4.74 Å². The molecule has 0 saturated carbocycles. The van der Waals surface area contributed by atoms with E-state index in [-0.39, 0.29) is 12.0 Å². The lowest BCUT2D eigenvalue weighted by Crippen LogP contribution is -2.50. The lowest BCUT2D eigenvalue weighted by atomic mass is 9.98. The quantitative estimate of drug-likeness (QED) is 0.659. The van der Waals surface area contributed by atoms with Crippen molar-refractivity contribution in [2.24, 2.45) is 0 Å². The number of carbonyl (C=O) groups is 1. The number of nitrogens with zero attached hydrogens (tertiary/aromatic N) is 4. The summed E-state index contributed by atoms with van der Waals surface area (Å²) in [4.78, 5) is 21.7. The zero-order chi connectivity index (χ0) is 21.0. The Balaban J connectivity index is 1.11. The van der Waals surface area contributed by atoms with Gasteiger partial charge in [-0.15, -0.1) is 0 Å². The molecule has 2 aliphatic heterocycles. The molecule has 2 aliphatic rings. The van der Waals surface area contributed by atoms with Crippen LogP contribution in [-0.2, 0) is 0 Å². The SMILES string of the molecule is O=C(c1cc(-c2ccccc2)n[nH]1)N1CCC(N2CCC(Oc3nccs3)CC2)CC1. The summed E-state index contributed by atoms with van der Waals surface area (Å²) in [5, 5.41) is 9.98. The summed E-state index contributed by atoms with van der Waals surface area (Å²) in [6.07, 6.45) is 6.16. The maximum atomic E-state index is 12.9. The van der Waals surface area contributed by atoms with Crippen LogP contribution in [0.15, 0.2) is 48.0 Å². The topological polar surface area (TPSA) is 74.4 Å². The van der Waals surface area contributed by atoms with E-state index in [0.717, 1.165) is 68.3 Å². The second kappa shape index (κ2) is 9.20. The maximum Gasteiger partial charge on any atom is 0.273 e. The summed E-state index contributed by atoms with van der Waals surface area (Å²) < 4.78 is 5.98. The highest BCUT2D eigenvalue weighted by Gasteiger charge is 2.31. The van der Waals surface area contributed by atoms with Crippen molar-refractivity contribution in [2.75, 3.05) is 26.2 Å². The third-order valence-electron chi connectivity index (χ3n) is 6.30. The number of likely N-dealkylation sites (tertiary alicyclic amines) is 2. The first-order valence-corrected chi connectivity index (χ1v) is 11.8. The van der Waals surface area contributed by atoms with Gasteiger partial charge in [-0.25, -0.2) is 4.98 Å².